The smallest absolute Gasteiger partial charge is 0.265 e. The summed E-state index contributed by atoms with van der Waals surface area (Å²) in [6.07, 6.45) is 0. The van der Waals surface area contributed by atoms with Crippen LogP contribution in [0.15, 0.2) is 60.7 Å². The molecule has 2 rings (SSSR count). The Balaban J connectivity index is 2.20. The predicted octanol–water partition coefficient (Wildman–Crippen LogP) is 2.33. The Kier molecular flexibility index (Phi) is 5.22. The van der Waals surface area contributed by atoms with Crippen LogP contribution < -0.4 is 10.6 Å². The second kappa shape index (κ2) is 6.71. The van der Waals surface area contributed by atoms with Crippen molar-refractivity contribution in [1.82, 2.24) is 0 Å². The van der Waals surface area contributed by atoms with Gasteiger partial charge in [-0.2, -0.15) is 0 Å². The average Bonchev–Trinajstić information content (AvgIpc) is 2.49. The monoisotopic (exact) mass is 284 g/mol. The van der Waals surface area contributed by atoms with Crippen LogP contribution in [0.3, 0.4) is 0 Å². The summed E-state index contributed by atoms with van der Waals surface area (Å²) in [5, 5.41) is 2.26. The summed E-state index contributed by atoms with van der Waals surface area (Å²) in [7, 11) is 3.00. The van der Waals surface area contributed by atoms with Gasteiger partial charge in [-0.05, 0) is 32.0 Å². The number of hydrogen-bond acceptors (Lipinski definition) is 1. The predicted molar refractivity (Wildman–Crippen MR) is 90.5 cm³/mol. The molecule has 1 N–H and O–H groups in total. The van der Waals surface area contributed by atoms with Gasteiger partial charge in [-0.15, -0.1) is 0 Å². The Morgan fingerprint density at radius 2 is 1.58 bits per heavy atom. The van der Waals surface area contributed by atoms with Crippen LogP contribution in [0.2, 0.25) is 0 Å². The van der Waals surface area contributed by atoms with E-state index in [4.69, 9.17) is 7.74 Å². The molecule has 0 aromatic heterocycles. The van der Waals surface area contributed by atoms with E-state index in [9.17, 15) is 4.89 Å². The van der Waals surface area contributed by atoms with E-state index in [1.165, 1.54) is 12.2 Å². The molecule has 2 unspecified atom stereocenters. The summed E-state index contributed by atoms with van der Waals surface area (Å²) in [4.78, 5) is 10.9. The van der Waals surface area contributed by atoms with Crippen molar-refractivity contribution in [1.29, 1.82) is 0 Å². The third kappa shape index (κ3) is 3.69. The van der Waals surface area contributed by atoms with Crippen molar-refractivity contribution in [2.24, 2.45) is 0 Å². The first kappa shape index (κ1) is 14.8. The van der Waals surface area contributed by atoms with E-state index in [0.717, 1.165) is 11.2 Å². The van der Waals surface area contributed by atoms with E-state index in [2.05, 4.69) is 18.8 Å². The molecule has 0 aliphatic rings. The van der Waals surface area contributed by atoms with Crippen molar-refractivity contribution in [3.05, 3.63) is 60.7 Å². The van der Waals surface area contributed by atoms with Gasteiger partial charge in [-0.3, -0.25) is 4.89 Å². The number of rotatable bonds is 5. The molecule has 5 heteroatoms. The van der Waals surface area contributed by atoms with Gasteiger partial charge in [0.25, 0.3) is 0 Å². The van der Waals surface area contributed by atoms with Gasteiger partial charge in [-0.1, -0.05) is 48.5 Å². The van der Waals surface area contributed by atoms with Crippen molar-refractivity contribution < 1.29 is 4.89 Å². The average molecular weight is 284 g/mol. The van der Waals surface area contributed by atoms with Gasteiger partial charge in [-0.25, -0.2) is 0 Å². The Labute approximate surface area is 119 Å². The van der Waals surface area contributed by atoms with Gasteiger partial charge in [0, 0.05) is 0 Å². The summed E-state index contributed by atoms with van der Waals surface area (Å²) in [6.45, 7) is 3.71. The van der Waals surface area contributed by atoms with Gasteiger partial charge in [0.1, 0.15) is 12.7 Å². The SMILES string of the molecule is [B][B][P+](O)(CP(C)c1ccccc1)c1ccccc1. The molecule has 2 aromatic carbocycles. The summed E-state index contributed by atoms with van der Waals surface area (Å²) in [6, 6.07) is 20.1. The van der Waals surface area contributed by atoms with E-state index >= 15 is 0 Å². The zero-order chi connectivity index (χ0) is 13.7. The molecule has 19 heavy (non-hydrogen) atoms. The van der Waals surface area contributed by atoms with Crippen LogP contribution in [0.25, 0.3) is 0 Å². The van der Waals surface area contributed by atoms with Crippen LogP contribution in [0.5, 0.6) is 0 Å². The fraction of sp³-hybridized carbons (Fsp3) is 0.143. The first-order valence-corrected chi connectivity index (χ1v) is 10.1. The topological polar surface area (TPSA) is 20.2 Å². The van der Waals surface area contributed by atoms with Gasteiger partial charge < -0.3 is 0 Å². The molecule has 2 atom stereocenters. The minimum absolute atomic E-state index is 0.405. The third-order valence-electron chi connectivity index (χ3n) is 3.07. The molecule has 1 nitrogen and oxygen atoms in total. The molecule has 0 spiro atoms. The van der Waals surface area contributed by atoms with Crippen molar-refractivity contribution in [2.75, 3.05) is 12.6 Å². The van der Waals surface area contributed by atoms with Gasteiger partial charge in [0.15, 0.2) is 0 Å². The number of benzene rings is 2. The molecule has 2 aromatic rings. The molecule has 0 amide bonds. The molecule has 0 aliphatic heterocycles. The highest BCUT2D eigenvalue weighted by molar-refractivity contribution is 8.10. The van der Waals surface area contributed by atoms with Crippen LogP contribution in [0.1, 0.15) is 0 Å². The molecule has 0 saturated carbocycles. The Morgan fingerprint density at radius 1 is 1.05 bits per heavy atom. The van der Waals surface area contributed by atoms with Crippen molar-refractivity contribution in [3.8, 4) is 0 Å². The quantitative estimate of drug-likeness (QED) is 0.660. The highest BCUT2D eigenvalue weighted by Crippen LogP contribution is 2.58. The summed E-state index contributed by atoms with van der Waals surface area (Å²) >= 11 is 0. The molecule has 3 radical (unpaired) electrons. The fourth-order valence-electron chi connectivity index (χ4n) is 1.99. The van der Waals surface area contributed by atoms with Crippen LogP contribution in [0.4, 0.5) is 0 Å². The van der Waals surface area contributed by atoms with Crippen LogP contribution in [-0.4, -0.2) is 32.1 Å². The van der Waals surface area contributed by atoms with Gasteiger partial charge in [0.05, 0.1) is 13.6 Å². The normalized spacial score (nSPS) is 15.5. The van der Waals surface area contributed by atoms with Gasteiger partial charge in [0.2, 0.25) is 0 Å². The number of hydrogen-bond donors (Lipinski definition) is 1. The standard InChI is InChI=1S/C14H16B2OP2/c1-18(13-8-4-2-5-9-13)12-19(17,16-15)14-10-6-3-7-11-14/h2-11,17H,12H2,1H3/q+1. The van der Waals surface area contributed by atoms with Crippen LogP contribution >= 0.6 is 15.3 Å². The molecule has 0 aliphatic carbocycles. The molecule has 93 valence electrons. The largest absolute Gasteiger partial charge is 0.330 e. The second-order valence-corrected chi connectivity index (χ2v) is 10.00. The van der Waals surface area contributed by atoms with E-state index in [1.54, 1.807) is 0 Å². The Hall–Kier alpha value is -0.610. The second-order valence-electron chi connectivity index (χ2n) is 4.49. The fourth-order valence-corrected chi connectivity index (χ4v) is 7.80. The lowest BCUT2D eigenvalue weighted by Gasteiger charge is -2.23. The highest BCUT2D eigenvalue weighted by Gasteiger charge is 2.38. The lowest BCUT2D eigenvalue weighted by Crippen LogP contribution is -2.20. The maximum absolute atomic E-state index is 10.9. The third-order valence-corrected chi connectivity index (χ3v) is 9.36. The Bertz CT molecular complexity index is 509. The molecule has 0 saturated heterocycles. The van der Waals surface area contributed by atoms with Gasteiger partial charge >= 0.3 is 6.89 Å². The van der Waals surface area contributed by atoms with E-state index in [1.807, 2.05) is 48.5 Å². The molecule has 0 fully saturated rings. The first-order chi connectivity index (χ1) is 9.15. The maximum Gasteiger partial charge on any atom is 0.330 e. The lowest BCUT2D eigenvalue weighted by molar-refractivity contribution is 0.633. The van der Waals surface area contributed by atoms with Crippen LogP contribution in [-0.2, 0) is 0 Å². The Morgan fingerprint density at radius 3 is 2.11 bits per heavy atom. The van der Waals surface area contributed by atoms with E-state index < -0.39 is 15.3 Å². The summed E-state index contributed by atoms with van der Waals surface area (Å²) in [5.41, 5.74) is 0. The highest BCUT2D eigenvalue weighted by atomic mass is 31.2. The molecule has 0 heterocycles. The zero-order valence-corrected chi connectivity index (χ0v) is 12.8. The summed E-state index contributed by atoms with van der Waals surface area (Å²) < 4.78 is 0. The first-order valence-electron chi connectivity index (χ1n) is 6.14. The summed E-state index contributed by atoms with van der Waals surface area (Å²) in [5.74, 6) is 0.743. The van der Waals surface area contributed by atoms with Crippen molar-refractivity contribution in [2.45, 2.75) is 0 Å². The zero-order valence-electron chi connectivity index (χ0n) is 11.0. The maximum atomic E-state index is 10.9. The molecule has 0 bridgehead atoms. The van der Waals surface area contributed by atoms with Crippen LogP contribution in [0, 0.1) is 0 Å². The van der Waals surface area contributed by atoms with Crippen molar-refractivity contribution in [3.63, 3.8) is 0 Å². The minimum atomic E-state index is -2.34. The minimum Gasteiger partial charge on any atom is -0.265 e. The molecular formula is C14H16B2OP2+. The van der Waals surface area contributed by atoms with E-state index in [0.29, 0.717) is 0 Å². The van der Waals surface area contributed by atoms with Crippen molar-refractivity contribution >= 4 is 40.5 Å². The van der Waals surface area contributed by atoms with E-state index in [-0.39, 0.29) is 0 Å². The molecular weight excluding hydrogens is 268 g/mol. The lowest BCUT2D eigenvalue weighted by atomic mass is 9.79.